The molecular formula is C15H23N. The van der Waals surface area contributed by atoms with Crippen LogP contribution in [0.15, 0.2) is 18.2 Å². The van der Waals surface area contributed by atoms with Crippen molar-refractivity contribution in [3.63, 3.8) is 0 Å². The van der Waals surface area contributed by atoms with Crippen LogP contribution in [0.25, 0.3) is 0 Å². The summed E-state index contributed by atoms with van der Waals surface area (Å²) in [4.78, 5) is 0. The Balaban J connectivity index is 2.23. The molecule has 0 radical (unpaired) electrons. The molecule has 1 heteroatoms. The monoisotopic (exact) mass is 217 g/mol. The van der Waals surface area contributed by atoms with E-state index in [-0.39, 0.29) is 0 Å². The lowest BCUT2D eigenvalue weighted by Gasteiger charge is -2.18. The highest BCUT2D eigenvalue weighted by Gasteiger charge is 2.28. The van der Waals surface area contributed by atoms with Crippen LogP contribution in [-0.4, -0.2) is 6.54 Å². The highest BCUT2D eigenvalue weighted by molar-refractivity contribution is 5.39. The van der Waals surface area contributed by atoms with E-state index in [9.17, 15) is 0 Å². The molecule has 0 fully saturated rings. The molecule has 0 amide bonds. The van der Waals surface area contributed by atoms with Gasteiger partial charge in [-0.2, -0.15) is 0 Å². The van der Waals surface area contributed by atoms with E-state index < -0.39 is 0 Å². The van der Waals surface area contributed by atoms with Crippen LogP contribution < -0.4 is 5.32 Å². The summed E-state index contributed by atoms with van der Waals surface area (Å²) in [6.07, 6.45) is 3.59. The maximum absolute atomic E-state index is 3.69. The summed E-state index contributed by atoms with van der Waals surface area (Å²) in [5, 5.41) is 3.69. The molecule has 0 bridgehead atoms. The Morgan fingerprint density at radius 2 is 2.12 bits per heavy atom. The van der Waals surface area contributed by atoms with Crippen LogP contribution in [0.5, 0.6) is 0 Å². The van der Waals surface area contributed by atoms with Crippen LogP contribution in [0.1, 0.15) is 49.9 Å². The Morgan fingerprint density at radius 1 is 1.31 bits per heavy atom. The highest BCUT2D eigenvalue weighted by Crippen LogP contribution is 2.36. The zero-order chi connectivity index (χ0) is 11.5. The van der Waals surface area contributed by atoms with E-state index >= 15 is 0 Å². The van der Waals surface area contributed by atoms with Crippen molar-refractivity contribution in [1.29, 1.82) is 0 Å². The first kappa shape index (κ1) is 11.7. The highest BCUT2D eigenvalue weighted by atomic mass is 14.9. The fourth-order valence-electron chi connectivity index (χ4n) is 2.72. The van der Waals surface area contributed by atoms with Gasteiger partial charge in [-0.05, 0) is 48.4 Å². The van der Waals surface area contributed by atoms with Gasteiger partial charge in [0.05, 0.1) is 0 Å². The fourth-order valence-corrected chi connectivity index (χ4v) is 2.72. The Bertz CT molecular complexity index is 356. The van der Waals surface area contributed by atoms with Crippen molar-refractivity contribution in [2.45, 2.75) is 46.1 Å². The summed E-state index contributed by atoms with van der Waals surface area (Å²) in [6, 6.07) is 7.61. The molecule has 1 aliphatic carbocycles. The first-order chi connectivity index (χ1) is 7.76. The summed E-state index contributed by atoms with van der Waals surface area (Å²) >= 11 is 0. The van der Waals surface area contributed by atoms with Gasteiger partial charge in [0.15, 0.2) is 0 Å². The zero-order valence-electron chi connectivity index (χ0n) is 10.7. The number of aryl methyl sites for hydroxylation is 1. The van der Waals surface area contributed by atoms with Gasteiger partial charge in [-0.15, -0.1) is 0 Å². The molecular weight excluding hydrogens is 194 g/mol. The van der Waals surface area contributed by atoms with Gasteiger partial charge in [0.25, 0.3) is 0 Å². The van der Waals surface area contributed by atoms with Crippen molar-refractivity contribution >= 4 is 0 Å². The van der Waals surface area contributed by atoms with Gasteiger partial charge in [-0.25, -0.2) is 0 Å². The quantitative estimate of drug-likeness (QED) is 0.814. The zero-order valence-corrected chi connectivity index (χ0v) is 10.7. The smallest absolute Gasteiger partial charge is 0.0352 e. The molecule has 1 N–H and O–H groups in total. The predicted octanol–water partition coefficient (Wildman–Crippen LogP) is 3.48. The Morgan fingerprint density at radius 3 is 2.81 bits per heavy atom. The first-order valence-electron chi connectivity index (χ1n) is 6.61. The van der Waals surface area contributed by atoms with Crippen molar-refractivity contribution in [2.24, 2.45) is 5.92 Å². The minimum atomic E-state index is 0.585. The van der Waals surface area contributed by atoms with Crippen molar-refractivity contribution in [2.75, 3.05) is 6.54 Å². The van der Waals surface area contributed by atoms with E-state index in [2.05, 4.69) is 44.3 Å². The molecule has 2 atom stereocenters. The number of hydrogen-bond acceptors (Lipinski definition) is 1. The lowest BCUT2D eigenvalue weighted by Crippen LogP contribution is -2.24. The van der Waals surface area contributed by atoms with Crippen LogP contribution in [-0.2, 0) is 12.8 Å². The second-order valence-corrected chi connectivity index (χ2v) is 5.00. The van der Waals surface area contributed by atoms with Gasteiger partial charge in [-0.1, -0.05) is 39.0 Å². The van der Waals surface area contributed by atoms with Crippen LogP contribution in [0.2, 0.25) is 0 Å². The molecule has 16 heavy (non-hydrogen) atoms. The van der Waals surface area contributed by atoms with E-state index in [1.165, 1.54) is 18.4 Å². The molecule has 0 aromatic heterocycles. The van der Waals surface area contributed by atoms with Gasteiger partial charge < -0.3 is 5.32 Å². The van der Waals surface area contributed by atoms with Crippen LogP contribution in [0.4, 0.5) is 0 Å². The maximum atomic E-state index is 3.69. The minimum absolute atomic E-state index is 0.585. The second-order valence-electron chi connectivity index (χ2n) is 5.00. The number of nitrogens with one attached hydrogen (secondary N) is 1. The molecule has 1 nitrogen and oxygen atoms in total. The molecule has 0 saturated carbocycles. The van der Waals surface area contributed by atoms with Crippen molar-refractivity contribution in [1.82, 2.24) is 5.32 Å². The molecule has 0 spiro atoms. The van der Waals surface area contributed by atoms with Crippen molar-refractivity contribution in [3.8, 4) is 0 Å². The fraction of sp³-hybridized carbons (Fsp3) is 0.600. The van der Waals surface area contributed by atoms with Gasteiger partial charge in [-0.3, -0.25) is 0 Å². The summed E-state index contributed by atoms with van der Waals surface area (Å²) in [5.74, 6) is 0.744. The first-order valence-corrected chi connectivity index (χ1v) is 6.61. The van der Waals surface area contributed by atoms with Gasteiger partial charge in [0, 0.05) is 6.04 Å². The van der Waals surface area contributed by atoms with E-state index in [1.54, 1.807) is 11.1 Å². The van der Waals surface area contributed by atoms with E-state index in [4.69, 9.17) is 0 Å². The third-order valence-electron chi connectivity index (χ3n) is 3.68. The Kier molecular flexibility index (Phi) is 3.65. The molecule has 1 aromatic carbocycles. The molecule has 0 aliphatic heterocycles. The standard InChI is InChI=1S/C15H23N/c1-4-8-16-15-11(3)9-13-7-6-12(5-2)10-14(13)15/h6-7,10-11,15-16H,4-5,8-9H2,1-3H3. The van der Waals surface area contributed by atoms with Gasteiger partial charge >= 0.3 is 0 Å². The predicted molar refractivity (Wildman–Crippen MR) is 69.7 cm³/mol. The lowest BCUT2D eigenvalue weighted by molar-refractivity contribution is 0.417. The van der Waals surface area contributed by atoms with E-state index in [0.29, 0.717) is 6.04 Å². The van der Waals surface area contributed by atoms with Crippen molar-refractivity contribution < 1.29 is 0 Å². The summed E-state index contributed by atoms with van der Waals surface area (Å²) < 4.78 is 0. The van der Waals surface area contributed by atoms with Crippen LogP contribution >= 0.6 is 0 Å². The summed E-state index contributed by atoms with van der Waals surface area (Å²) in [7, 11) is 0. The van der Waals surface area contributed by atoms with E-state index in [1.807, 2.05) is 0 Å². The summed E-state index contributed by atoms with van der Waals surface area (Å²) in [6.45, 7) is 7.95. The van der Waals surface area contributed by atoms with Crippen LogP contribution in [0.3, 0.4) is 0 Å². The molecule has 1 aliphatic rings. The third kappa shape index (κ3) is 2.15. The second kappa shape index (κ2) is 5.01. The lowest BCUT2D eigenvalue weighted by atomic mass is 10.0. The largest absolute Gasteiger partial charge is 0.310 e. The topological polar surface area (TPSA) is 12.0 Å². The summed E-state index contributed by atoms with van der Waals surface area (Å²) in [5.41, 5.74) is 4.58. The number of hydrogen-bond donors (Lipinski definition) is 1. The molecule has 2 unspecified atom stereocenters. The maximum Gasteiger partial charge on any atom is 0.0352 e. The minimum Gasteiger partial charge on any atom is -0.310 e. The van der Waals surface area contributed by atoms with Crippen molar-refractivity contribution in [3.05, 3.63) is 34.9 Å². The molecule has 2 rings (SSSR count). The Hall–Kier alpha value is -0.820. The normalized spacial score (nSPS) is 23.4. The third-order valence-corrected chi connectivity index (χ3v) is 3.68. The molecule has 88 valence electrons. The molecule has 1 aromatic rings. The molecule has 0 heterocycles. The average molecular weight is 217 g/mol. The SMILES string of the molecule is CCCNC1c2cc(CC)ccc2CC1C. The van der Waals surface area contributed by atoms with Crippen LogP contribution in [0, 0.1) is 5.92 Å². The number of fused-ring (bicyclic) bond motifs is 1. The Labute approximate surface area is 99.3 Å². The van der Waals surface area contributed by atoms with Gasteiger partial charge in [0.1, 0.15) is 0 Å². The van der Waals surface area contributed by atoms with Gasteiger partial charge in [0.2, 0.25) is 0 Å². The van der Waals surface area contributed by atoms with E-state index in [0.717, 1.165) is 18.9 Å². The number of rotatable bonds is 4. The number of benzene rings is 1. The average Bonchev–Trinajstić information content (AvgIpc) is 2.61. The molecule has 0 saturated heterocycles.